The van der Waals surface area contributed by atoms with Gasteiger partial charge in [-0.25, -0.2) is 5.01 Å². The Hall–Kier alpha value is -2.92. The molecule has 0 radical (unpaired) electrons. The van der Waals surface area contributed by atoms with E-state index in [-0.39, 0.29) is 42.0 Å². The zero-order valence-electron chi connectivity index (χ0n) is 15.6. The fourth-order valence-corrected chi connectivity index (χ4v) is 4.98. The molecule has 2 bridgehead atoms. The van der Waals surface area contributed by atoms with Crippen LogP contribution in [0.1, 0.15) is 22.3 Å². The normalized spacial score (nSPS) is 26.9. The van der Waals surface area contributed by atoms with E-state index in [1.165, 1.54) is 5.01 Å². The largest absolute Gasteiger partial charge is 0.273 e. The van der Waals surface area contributed by atoms with E-state index in [1.54, 1.807) is 24.3 Å². The van der Waals surface area contributed by atoms with Crippen LogP contribution in [0.25, 0.3) is 0 Å². The standard InChI is InChI=1S/C23H19ClN2O3/c24-18-10-8-15(9-11-18)21(27)25(13-14-4-2-1-3-5-14)26-22(28)19-16-6-7-17(12-16)20(19)23(26)29/h1-11,16-17,19-20H,12-13H2/t16-,17-,19-,20-/m0/s1. The second kappa shape index (κ2) is 6.85. The number of fused-ring (bicyclic) bond motifs is 5. The summed E-state index contributed by atoms with van der Waals surface area (Å²) >= 11 is 5.95. The molecule has 0 spiro atoms. The minimum atomic E-state index is -0.396. The first-order chi connectivity index (χ1) is 14.0. The Labute approximate surface area is 173 Å². The molecule has 29 heavy (non-hydrogen) atoms. The highest BCUT2D eigenvalue weighted by Crippen LogP contribution is 2.52. The van der Waals surface area contributed by atoms with Crippen molar-refractivity contribution in [1.29, 1.82) is 0 Å². The number of nitrogens with zero attached hydrogens (tertiary/aromatic N) is 2. The van der Waals surface area contributed by atoms with Crippen molar-refractivity contribution >= 4 is 29.3 Å². The fraction of sp³-hybridized carbons (Fsp3) is 0.261. The van der Waals surface area contributed by atoms with Crippen molar-refractivity contribution in [3.05, 3.63) is 82.9 Å². The molecule has 0 N–H and O–H groups in total. The Morgan fingerprint density at radius 3 is 2.10 bits per heavy atom. The van der Waals surface area contributed by atoms with E-state index < -0.39 is 5.91 Å². The first-order valence-corrected chi connectivity index (χ1v) is 10.1. The summed E-state index contributed by atoms with van der Waals surface area (Å²) in [6, 6.07) is 15.8. The van der Waals surface area contributed by atoms with Crippen LogP contribution in [0.15, 0.2) is 66.7 Å². The number of rotatable bonds is 4. The van der Waals surface area contributed by atoms with Crippen molar-refractivity contribution in [3.8, 4) is 0 Å². The Morgan fingerprint density at radius 2 is 1.52 bits per heavy atom. The van der Waals surface area contributed by atoms with Gasteiger partial charge in [0.2, 0.25) is 0 Å². The zero-order chi connectivity index (χ0) is 20.1. The van der Waals surface area contributed by atoms with Gasteiger partial charge < -0.3 is 0 Å². The summed E-state index contributed by atoms with van der Waals surface area (Å²) in [4.78, 5) is 39.9. The number of carbonyl (C=O) groups is 3. The quantitative estimate of drug-likeness (QED) is 0.574. The molecule has 3 amide bonds. The minimum Gasteiger partial charge on any atom is -0.272 e. The maximum absolute atomic E-state index is 13.4. The second-order valence-electron chi connectivity index (χ2n) is 7.84. The summed E-state index contributed by atoms with van der Waals surface area (Å²) in [7, 11) is 0. The molecule has 2 aromatic rings. The van der Waals surface area contributed by atoms with Crippen LogP contribution in [0.5, 0.6) is 0 Å². The SMILES string of the molecule is O=C(c1ccc(Cl)cc1)N(Cc1ccccc1)N1C(=O)[C@@H]2[C@@H](C1=O)[C@H]1C=C[C@H]2C1. The van der Waals surface area contributed by atoms with Crippen LogP contribution in [-0.2, 0) is 16.1 Å². The van der Waals surface area contributed by atoms with Gasteiger partial charge in [-0.3, -0.25) is 14.4 Å². The second-order valence-corrected chi connectivity index (χ2v) is 8.28. The number of amides is 3. The van der Waals surface area contributed by atoms with Crippen molar-refractivity contribution < 1.29 is 14.4 Å². The van der Waals surface area contributed by atoms with Gasteiger partial charge in [0.1, 0.15) is 0 Å². The van der Waals surface area contributed by atoms with Gasteiger partial charge in [-0.15, -0.1) is 0 Å². The molecule has 1 heterocycles. The lowest BCUT2D eigenvalue weighted by molar-refractivity contribution is -0.156. The van der Waals surface area contributed by atoms with Crippen LogP contribution < -0.4 is 0 Å². The van der Waals surface area contributed by atoms with E-state index >= 15 is 0 Å². The van der Waals surface area contributed by atoms with Crippen LogP contribution >= 0.6 is 11.6 Å². The van der Waals surface area contributed by atoms with E-state index in [0.717, 1.165) is 17.0 Å². The molecule has 2 aromatic carbocycles. The fourth-order valence-electron chi connectivity index (χ4n) is 4.86. The highest BCUT2D eigenvalue weighted by atomic mass is 35.5. The predicted molar refractivity (Wildman–Crippen MR) is 107 cm³/mol. The molecule has 0 unspecified atom stereocenters. The van der Waals surface area contributed by atoms with Crippen LogP contribution in [0, 0.1) is 23.7 Å². The lowest BCUT2D eigenvalue weighted by atomic mass is 9.85. The van der Waals surface area contributed by atoms with E-state index in [0.29, 0.717) is 10.6 Å². The van der Waals surface area contributed by atoms with Crippen LogP contribution in [0.4, 0.5) is 0 Å². The lowest BCUT2D eigenvalue weighted by Gasteiger charge is -2.31. The summed E-state index contributed by atoms with van der Waals surface area (Å²) in [5, 5.41) is 2.91. The molecule has 1 aliphatic heterocycles. The Morgan fingerprint density at radius 1 is 0.931 bits per heavy atom. The van der Waals surface area contributed by atoms with Gasteiger partial charge in [0.15, 0.2) is 0 Å². The van der Waals surface area contributed by atoms with Crippen molar-refractivity contribution in [2.45, 2.75) is 13.0 Å². The smallest absolute Gasteiger partial charge is 0.272 e. The highest BCUT2D eigenvalue weighted by Gasteiger charge is 2.61. The monoisotopic (exact) mass is 406 g/mol. The van der Waals surface area contributed by atoms with Gasteiger partial charge >= 0.3 is 0 Å². The maximum Gasteiger partial charge on any atom is 0.273 e. The van der Waals surface area contributed by atoms with Gasteiger partial charge in [-0.05, 0) is 48.1 Å². The topological polar surface area (TPSA) is 57.7 Å². The van der Waals surface area contributed by atoms with Crippen molar-refractivity contribution in [2.75, 3.05) is 0 Å². The van der Waals surface area contributed by atoms with Gasteiger partial charge in [0.05, 0.1) is 18.4 Å². The Bertz CT molecular complexity index is 988. The average Bonchev–Trinajstić information content (AvgIpc) is 3.41. The van der Waals surface area contributed by atoms with Crippen molar-refractivity contribution in [2.24, 2.45) is 23.7 Å². The van der Waals surface area contributed by atoms with Gasteiger partial charge in [-0.2, -0.15) is 5.01 Å². The van der Waals surface area contributed by atoms with Crippen LogP contribution in [0.2, 0.25) is 5.02 Å². The number of imide groups is 1. The summed E-state index contributed by atoms with van der Waals surface area (Å²) in [6.45, 7) is 0.141. The number of hydrazine groups is 1. The maximum atomic E-state index is 13.4. The summed E-state index contributed by atoms with van der Waals surface area (Å²) in [5.41, 5.74) is 1.22. The first-order valence-electron chi connectivity index (χ1n) is 9.72. The molecule has 3 aliphatic rings. The molecule has 2 fully saturated rings. The third kappa shape index (κ3) is 2.88. The minimum absolute atomic E-state index is 0.0932. The third-order valence-electron chi connectivity index (χ3n) is 6.19. The molecule has 146 valence electrons. The molecule has 2 aliphatic carbocycles. The van der Waals surface area contributed by atoms with Gasteiger partial charge in [0, 0.05) is 10.6 Å². The molecule has 0 aromatic heterocycles. The highest BCUT2D eigenvalue weighted by molar-refractivity contribution is 6.30. The van der Waals surface area contributed by atoms with Crippen LogP contribution in [-0.4, -0.2) is 27.7 Å². The van der Waals surface area contributed by atoms with Crippen molar-refractivity contribution in [3.63, 3.8) is 0 Å². The van der Waals surface area contributed by atoms with Gasteiger partial charge in [0.25, 0.3) is 17.7 Å². The molecule has 1 saturated carbocycles. The zero-order valence-corrected chi connectivity index (χ0v) is 16.3. The molecule has 5 rings (SSSR count). The summed E-state index contributed by atoms with van der Waals surface area (Å²) < 4.78 is 0. The summed E-state index contributed by atoms with van der Waals surface area (Å²) in [6.07, 6.45) is 4.94. The van der Waals surface area contributed by atoms with Gasteiger partial charge in [-0.1, -0.05) is 54.1 Å². The number of benzene rings is 2. The number of allylic oxidation sites excluding steroid dienone is 2. The Kier molecular flexibility index (Phi) is 4.28. The van der Waals surface area contributed by atoms with E-state index in [9.17, 15) is 14.4 Å². The average molecular weight is 407 g/mol. The predicted octanol–water partition coefficient (Wildman–Crippen LogP) is 3.70. The molecule has 5 nitrogen and oxygen atoms in total. The molecule has 4 atom stereocenters. The molecule has 6 heteroatoms. The third-order valence-corrected chi connectivity index (χ3v) is 6.44. The number of hydrogen-bond acceptors (Lipinski definition) is 3. The summed E-state index contributed by atoms with van der Waals surface area (Å²) in [5.74, 6) is -1.45. The molecular weight excluding hydrogens is 388 g/mol. The van der Waals surface area contributed by atoms with Crippen LogP contribution in [0.3, 0.4) is 0 Å². The Balaban J connectivity index is 1.52. The first kappa shape index (κ1) is 18.1. The molecular formula is C23H19ClN2O3. The number of halogens is 1. The van der Waals surface area contributed by atoms with E-state index in [2.05, 4.69) is 0 Å². The van der Waals surface area contributed by atoms with E-state index in [1.807, 2.05) is 42.5 Å². The number of hydrogen-bond donors (Lipinski definition) is 0. The molecule has 1 saturated heterocycles. The van der Waals surface area contributed by atoms with E-state index in [4.69, 9.17) is 11.6 Å². The lowest BCUT2D eigenvalue weighted by Crippen LogP contribution is -2.50. The van der Waals surface area contributed by atoms with Crippen molar-refractivity contribution in [1.82, 2.24) is 10.0 Å². The number of carbonyl (C=O) groups excluding carboxylic acids is 3.